The van der Waals surface area contributed by atoms with E-state index in [1.54, 1.807) is 0 Å². The van der Waals surface area contributed by atoms with Crippen molar-refractivity contribution in [2.75, 3.05) is 4.90 Å². The van der Waals surface area contributed by atoms with Crippen LogP contribution in [0.1, 0.15) is 25.0 Å². The molecular formula is C57H41NO. The van der Waals surface area contributed by atoms with Gasteiger partial charge in [0.25, 0.3) is 0 Å². The van der Waals surface area contributed by atoms with Crippen molar-refractivity contribution in [1.82, 2.24) is 0 Å². The molecule has 0 fully saturated rings. The molecule has 2 heteroatoms. The first-order chi connectivity index (χ1) is 29.0. The summed E-state index contributed by atoms with van der Waals surface area (Å²) >= 11 is 0. The number of anilines is 3. The molecule has 0 N–H and O–H groups in total. The van der Waals surface area contributed by atoms with E-state index >= 15 is 0 Å². The molecule has 0 atom stereocenters. The lowest BCUT2D eigenvalue weighted by molar-refractivity contribution is 0.419. The van der Waals surface area contributed by atoms with Gasteiger partial charge in [-0.25, -0.2) is 0 Å². The number of nitrogens with zero attached hydrogens (tertiary/aromatic N) is 1. The van der Waals surface area contributed by atoms with Crippen molar-refractivity contribution >= 4 is 49.4 Å². The highest BCUT2D eigenvalue weighted by molar-refractivity contribution is 6.07. The Balaban J connectivity index is 1.07. The second-order valence-electron chi connectivity index (χ2n) is 16.1. The van der Waals surface area contributed by atoms with E-state index in [9.17, 15) is 0 Å². The van der Waals surface area contributed by atoms with Crippen molar-refractivity contribution in [1.29, 1.82) is 0 Å². The summed E-state index contributed by atoms with van der Waals surface area (Å²) in [6.45, 7) is 4.60. The number of rotatable bonds is 6. The van der Waals surface area contributed by atoms with Crippen LogP contribution < -0.4 is 9.64 Å². The summed E-state index contributed by atoms with van der Waals surface area (Å²) < 4.78 is 6.80. The maximum atomic E-state index is 6.80. The molecule has 10 aromatic carbocycles. The van der Waals surface area contributed by atoms with Crippen LogP contribution in [-0.4, -0.2) is 0 Å². The van der Waals surface area contributed by atoms with Crippen molar-refractivity contribution in [3.8, 4) is 44.9 Å². The second-order valence-corrected chi connectivity index (χ2v) is 16.1. The Morgan fingerprint density at radius 3 is 1.46 bits per heavy atom. The monoisotopic (exact) mass is 755 g/mol. The standard InChI is InChI=1S/C57H41NO/c1-57(2)52-25-9-10-27-55(52)59-56-51(24-13-26-53(56)57)49-36-37-54(50-21-8-7-20-48(49)50)58(42-32-28-40(29-33-42)46-22-11-16-38-14-3-5-18-44(38)46)43-34-30-41(31-35-43)47-23-12-17-39-15-4-6-19-45(39)47/h3-37H,1-2H3. The van der Waals surface area contributed by atoms with Crippen molar-refractivity contribution in [3.05, 3.63) is 223 Å². The third kappa shape index (κ3) is 5.79. The number of fused-ring (bicyclic) bond motifs is 5. The van der Waals surface area contributed by atoms with Gasteiger partial charge in [0.1, 0.15) is 11.5 Å². The largest absolute Gasteiger partial charge is 0.456 e. The average Bonchev–Trinajstić information content (AvgIpc) is 3.29. The zero-order valence-electron chi connectivity index (χ0n) is 33.1. The summed E-state index contributed by atoms with van der Waals surface area (Å²) in [6.07, 6.45) is 0. The van der Waals surface area contributed by atoms with Crippen LogP contribution in [-0.2, 0) is 5.41 Å². The fourth-order valence-corrected chi connectivity index (χ4v) is 9.35. The van der Waals surface area contributed by atoms with Crippen LogP contribution in [0.15, 0.2) is 212 Å². The van der Waals surface area contributed by atoms with Crippen molar-refractivity contribution in [3.63, 3.8) is 0 Å². The van der Waals surface area contributed by atoms with E-state index in [2.05, 4.69) is 231 Å². The molecule has 2 nitrogen and oxygen atoms in total. The summed E-state index contributed by atoms with van der Waals surface area (Å²) in [4.78, 5) is 2.40. The molecule has 0 amide bonds. The summed E-state index contributed by atoms with van der Waals surface area (Å²) in [5.74, 6) is 1.85. The highest BCUT2D eigenvalue weighted by atomic mass is 16.5. The first-order valence-corrected chi connectivity index (χ1v) is 20.4. The van der Waals surface area contributed by atoms with Gasteiger partial charge >= 0.3 is 0 Å². The van der Waals surface area contributed by atoms with E-state index in [4.69, 9.17) is 4.74 Å². The minimum absolute atomic E-state index is 0.205. The van der Waals surface area contributed by atoms with E-state index in [1.165, 1.54) is 60.3 Å². The number of hydrogen-bond acceptors (Lipinski definition) is 2. The molecule has 10 aromatic rings. The summed E-state index contributed by atoms with van der Waals surface area (Å²) in [6, 6.07) is 76.9. The van der Waals surface area contributed by atoms with Gasteiger partial charge in [0.05, 0.1) is 5.69 Å². The van der Waals surface area contributed by atoms with Crippen LogP contribution in [0, 0.1) is 0 Å². The van der Waals surface area contributed by atoms with Gasteiger partial charge < -0.3 is 9.64 Å². The summed E-state index contributed by atoms with van der Waals surface area (Å²) in [7, 11) is 0. The van der Waals surface area contributed by atoms with Crippen LogP contribution >= 0.6 is 0 Å². The molecule has 0 aliphatic carbocycles. The molecule has 59 heavy (non-hydrogen) atoms. The first kappa shape index (κ1) is 34.8. The highest BCUT2D eigenvalue weighted by Crippen LogP contribution is 2.52. The van der Waals surface area contributed by atoms with Gasteiger partial charge in [-0.2, -0.15) is 0 Å². The smallest absolute Gasteiger partial charge is 0.139 e. The Bertz CT molecular complexity index is 3080. The van der Waals surface area contributed by atoms with E-state index in [0.717, 1.165) is 45.1 Å². The summed E-state index contributed by atoms with van der Waals surface area (Å²) in [5, 5.41) is 7.32. The maximum Gasteiger partial charge on any atom is 0.139 e. The minimum Gasteiger partial charge on any atom is -0.456 e. The molecular weight excluding hydrogens is 715 g/mol. The molecule has 0 saturated carbocycles. The Morgan fingerprint density at radius 2 is 0.831 bits per heavy atom. The predicted molar refractivity (Wildman–Crippen MR) is 249 cm³/mol. The third-order valence-corrected chi connectivity index (χ3v) is 12.3. The zero-order chi connectivity index (χ0) is 39.5. The molecule has 0 radical (unpaired) electrons. The molecule has 0 bridgehead atoms. The Labute approximate surface area is 345 Å². The van der Waals surface area contributed by atoms with Gasteiger partial charge in [-0.15, -0.1) is 0 Å². The molecule has 0 spiro atoms. The van der Waals surface area contributed by atoms with Crippen molar-refractivity contribution in [2.24, 2.45) is 0 Å². The van der Waals surface area contributed by atoms with Gasteiger partial charge in [0, 0.05) is 38.9 Å². The minimum atomic E-state index is -0.205. The van der Waals surface area contributed by atoms with Gasteiger partial charge in [-0.1, -0.05) is 190 Å². The normalized spacial score (nSPS) is 12.8. The SMILES string of the molecule is CC1(C)c2ccccc2Oc2c(-c3ccc(N(c4ccc(-c5cccc6ccccc56)cc4)c4ccc(-c5cccc6ccccc56)cc4)c4ccccc34)cccc21. The van der Waals surface area contributed by atoms with Gasteiger partial charge in [-0.3, -0.25) is 0 Å². The average molecular weight is 756 g/mol. The fourth-order valence-electron chi connectivity index (χ4n) is 9.35. The quantitative estimate of drug-likeness (QED) is 0.168. The molecule has 1 heterocycles. The van der Waals surface area contributed by atoms with Crippen LogP contribution in [0.4, 0.5) is 17.1 Å². The van der Waals surface area contributed by atoms with E-state index in [0.29, 0.717) is 0 Å². The number of benzene rings is 10. The lowest BCUT2D eigenvalue weighted by Gasteiger charge is -2.35. The van der Waals surface area contributed by atoms with E-state index in [1.807, 2.05) is 0 Å². The van der Waals surface area contributed by atoms with Crippen molar-refractivity contribution < 1.29 is 4.74 Å². The van der Waals surface area contributed by atoms with Crippen molar-refractivity contribution in [2.45, 2.75) is 19.3 Å². The molecule has 0 unspecified atom stereocenters. The van der Waals surface area contributed by atoms with Crippen LogP contribution in [0.2, 0.25) is 0 Å². The first-order valence-electron chi connectivity index (χ1n) is 20.4. The predicted octanol–water partition coefficient (Wildman–Crippen LogP) is 16.0. The topological polar surface area (TPSA) is 12.5 Å². The number of ether oxygens (including phenoxy) is 1. The van der Waals surface area contributed by atoms with E-state index in [-0.39, 0.29) is 5.41 Å². The van der Waals surface area contributed by atoms with Crippen LogP contribution in [0.25, 0.3) is 65.7 Å². The fraction of sp³-hybridized carbons (Fsp3) is 0.0526. The van der Waals surface area contributed by atoms with E-state index < -0.39 is 0 Å². The number of hydrogen-bond donors (Lipinski definition) is 0. The summed E-state index contributed by atoms with van der Waals surface area (Å²) in [5.41, 5.74) is 12.6. The molecule has 11 rings (SSSR count). The molecule has 0 saturated heterocycles. The van der Waals surface area contributed by atoms with Gasteiger partial charge in [0.2, 0.25) is 0 Å². The number of para-hydroxylation sites is 2. The molecule has 1 aliphatic heterocycles. The lowest BCUT2D eigenvalue weighted by atomic mass is 9.74. The van der Waals surface area contributed by atoms with Gasteiger partial charge in [-0.05, 0) is 91.1 Å². The van der Waals surface area contributed by atoms with Crippen LogP contribution in [0.5, 0.6) is 11.5 Å². The molecule has 0 aromatic heterocycles. The second kappa shape index (κ2) is 13.9. The Hall–Kier alpha value is -7.42. The molecule has 1 aliphatic rings. The highest BCUT2D eigenvalue weighted by Gasteiger charge is 2.35. The van der Waals surface area contributed by atoms with Crippen LogP contribution in [0.3, 0.4) is 0 Å². The molecule has 280 valence electrons. The maximum absolute atomic E-state index is 6.80. The zero-order valence-corrected chi connectivity index (χ0v) is 33.1. The third-order valence-electron chi connectivity index (χ3n) is 12.3. The van der Waals surface area contributed by atoms with Gasteiger partial charge in [0.15, 0.2) is 0 Å². The Morgan fingerprint density at radius 1 is 0.356 bits per heavy atom. The lowest BCUT2D eigenvalue weighted by Crippen LogP contribution is -2.24. The Kier molecular flexibility index (Phi) is 8.20.